The molecule has 0 spiro atoms. The molecule has 21 nitrogen and oxygen atoms in total. The number of nitrogens with one attached hydrogen (secondary N) is 1. The lowest BCUT2D eigenvalue weighted by atomic mass is 10.0. The maximum Gasteiger partial charge on any atom is 0.0856 e. The van der Waals surface area contributed by atoms with Gasteiger partial charge in [0.1, 0.15) is 0 Å². The minimum atomic E-state index is 0.635. The van der Waals surface area contributed by atoms with Crippen LogP contribution in [-0.2, 0) is 90.6 Å². The molecule has 7 rings (SSSR count). The summed E-state index contributed by atoms with van der Waals surface area (Å²) in [7, 11) is 0. The first-order valence-electron chi connectivity index (χ1n) is 50.3. The van der Waals surface area contributed by atoms with Crippen molar-refractivity contribution in [3.8, 4) is 0 Å². The first-order chi connectivity index (χ1) is 58.1. The molecule has 21 heteroatoms. The average Bonchev–Trinajstić information content (AvgIpc) is 1.81. The monoisotopic (exact) mass is 1700 g/mol. The molecule has 0 atom stereocenters. The highest BCUT2D eigenvalue weighted by molar-refractivity contribution is 5.09. The molecule has 0 saturated carbocycles. The highest BCUT2D eigenvalue weighted by atomic mass is 15.4. The van der Waals surface area contributed by atoms with E-state index in [-0.39, 0.29) is 0 Å². The van der Waals surface area contributed by atoms with Crippen LogP contribution in [0.15, 0.2) is 37.2 Å². The smallest absolute Gasteiger partial charge is 0.0856 e. The van der Waals surface area contributed by atoms with Gasteiger partial charge in [-0.2, -0.15) is 15.4 Å². The van der Waals surface area contributed by atoms with Gasteiger partial charge in [0.2, 0.25) is 0 Å². The molecule has 0 aromatic carbocycles. The summed E-state index contributed by atoms with van der Waals surface area (Å²) in [6, 6.07) is 0. The van der Waals surface area contributed by atoms with E-state index < -0.39 is 0 Å². The summed E-state index contributed by atoms with van der Waals surface area (Å²) in [6.45, 7) is 69.5. The zero-order chi connectivity index (χ0) is 90.8. The number of nitrogens with zero attached hydrogens (tertiary/aromatic N) is 20. The van der Waals surface area contributed by atoms with Crippen molar-refractivity contribution in [1.82, 2.24) is 105 Å². The molecule has 122 heavy (non-hydrogen) atoms. The number of H-pyrrole nitrogens is 1. The van der Waals surface area contributed by atoms with Crippen molar-refractivity contribution in [3.05, 3.63) is 82.7 Å². The van der Waals surface area contributed by atoms with Crippen LogP contribution in [0.5, 0.6) is 0 Å². The van der Waals surface area contributed by atoms with E-state index in [4.69, 9.17) is 0 Å². The topological polar surface area (TPSA) is 226 Å². The molecular formula is C101H195N21. The molecule has 0 unspecified atom stereocenters. The first kappa shape index (κ1) is 114. The van der Waals surface area contributed by atoms with Gasteiger partial charge in [-0.15, -0.1) is 30.6 Å². The SMILES string of the molecule is CC(C)CCCCCc1cn(CC(C)C)nn1.CC(C)CCCCc1cn(CCC(C)C)nn1.CC(C)CCCCc1cnnn1CC(C)C.CC(C)CCCCc1cnnn1CCC(C)C.CC(C)CCCCc1cnnn1CCCCC(C)C.CC(C)CCCCc1n[nH]nc1CCCCC(C)C.CC(C)CCCCn1cc(CCC(C)C)nn1. The zero-order valence-electron chi connectivity index (χ0n) is 84.8. The van der Waals surface area contributed by atoms with E-state index in [1.165, 1.54) is 228 Å². The standard InChI is InChI=1S/2C16H31N3.4C14H27N3.C13H25N3/c1-13(2)9-5-7-11-15-16(18-19-17-15)12-8-6-10-14(3)4;1-14(2)9-5-6-11-16-13-17-18-19(16)12-8-7-10-15(3)4;1-12(2)7-5-6-10-17-11-14(15-16-17)9-8-13(3)4;1-12(2)7-5-6-8-14-11-17(16-15-14)10-9-13(3)4;1-12(2)7-5-6-8-14-11-15-16-17(14)10-9-13(3)4;1-12(2)8-6-5-7-9-14-11-17(16-15-14)10-13(3)4;1-11(2)7-5-6-8-13-9-14-15-16(13)10-12(3)4/h13-14H,5-12H2,1-4H3,(H,17,18,19);13-15H,5-12H2,1-4H3;4*11-13H,5-10H2,1-4H3;9,11-12H,5-8,10H2,1-4H3. The molecule has 0 aliphatic heterocycles. The first-order valence-corrected chi connectivity index (χ1v) is 50.3. The summed E-state index contributed by atoms with van der Waals surface area (Å²) in [5.41, 5.74) is 9.75. The lowest BCUT2D eigenvalue weighted by Crippen LogP contribution is -2.10. The predicted octanol–water partition coefficient (Wildman–Crippen LogP) is 27.1. The number of rotatable bonds is 59. The maximum atomic E-state index is 4.31. The van der Waals surface area contributed by atoms with E-state index in [9.17, 15) is 0 Å². The van der Waals surface area contributed by atoms with Crippen molar-refractivity contribution in [1.29, 1.82) is 0 Å². The van der Waals surface area contributed by atoms with Crippen LogP contribution in [0.25, 0.3) is 0 Å². The van der Waals surface area contributed by atoms with Crippen LogP contribution >= 0.6 is 0 Å². The van der Waals surface area contributed by atoms with Gasteiger partial charge in [-0.05, 0) is 211 Å². The van der Waals surface area contributed by atoms with Crippen molar-refractivity contribution in [3.63, 3.8) is 0 Å². The molecule has 0 aliphatic rings. The van der Waals surface area contributed by atoms with Crippen LogP contribution in [0.2, 0.25) is 0 Å². The molecule has 0 amide bonds. The van der Waals surface area contributed by atoms with Gasteiger partial charge in [0.25, 0.3) is 0 Å². The highest BCUT2D eigenvalue weighted by Crippen LogP contribution is 2.20. The van der Waals surface area contributed by atoms with Gasteiger partial charge in [0.15, 0.2) is 0 Å². The van der Waals surface area contributed by atoms with Crippen molar-refractivity contribution in [2.75, 3.05) is 0 Å². The molecule has 0 radical (unpaired) electrons. The second-order valence-electron chi connectivity index (χ2n) is 41.6. The third kappa shape index (κ3) is 66.4. The Labute approximate surface area is 750 Å². The van der Waals surface area contributed by atoms with E-state index in [2.05, 4.69) is 304 Å². The molecular weight excluding hydrogens is 1510 g/mol. The summed E-state index contributed by atoms with van der Waals surface area (Å²) in [5.74, 6) is 10.8. The van der Waals surface area contributed by atoms with Crippen LogP contribution in [-0.4, -0.2) is 105 Å². The van der Waals surface area contributed by atoms with Crippen LogP contribution < -0.4 is 0 Å². The second kappa shape index (κ2) is 72.1. The van der Waals surface area contributed by atoms with Gasteiger partial charge in [-0.3, -0.25) is 14.0 Å². The van der Waals surface area contributed by atoms with E-state index >= 15 is 0 Å². The Hall–Kier alpha value is -6.02. The zero-order valence-corrected chi connectivity index (χ0v) is 84.8. The van der Waals surface area contributed by atoms with Crippen LogP contribution in [0, 0.1) is 82.9 Å². The molecule has 7 aromatic heterocycles. The summed E-state index contributed by atoms with van der Waals surface area (Å²) >= 11 is 0. The lowest BCUT2D eigenvalue weighted by Gasteiger charge is -2.08. The molecule has 704 valence electrons. The highest BCUT2D eigenvalue weighted by Gasteiger charge is 2.13. The maximum absolute atomic E-state index is 4.31. The average molecular weight is 1700 g/mol. The van der Waals surface area contributed by atoms with E-state index in [1.54, 1.807) is 0 Å². The summed E-state index contributed by atoms with van der Waals surface area (Å²) in [5, 5.41) is 61.2. The van der Waals surface area contributed by atoms with Crippen molar-refractivity contribution in [2.45, 2.75) is 484 Å². The Morgan fingerprint density at radius 1 is 0.221 bits per heavy atom. The lowest BCUT2D eigenvalue weighted by molar-refractivity contribution is 0.452. The molecule has 0 bridgehead atoms. The predicted molar refractivity (Wildman–Crippen MR) is 517 cm³/mol. The number of aromatic amines is 1. The fraction of sp³-hybridized carbons (Fsp3) is 0.861. The summed E-state index contributed by atoms with van der Waals surface area (Å²) in [6.07, 6.45) is 60.6. The second-order valence-corrected chi connectivity index (χ2v) is 41.6. The third-order valence-electron chi connectivity index (χ3n) is 21.8. The van der Waals surface area contributed by atoms with Crippen LogP contribution in [0.4, 0.5) is 0 Å². The number of unbranched alkanes of at least 4 members (excludes halogenated alkanes) is 10. The van der Waals surface area contributed by atoms with E-state index in [0.29, 0.717) is 11.8 Å². The fourth-order valence-electron chi connectivity index (χ4n) is 14.0. The van der Waals surface area contributed by atoms with Crippen LogP contribution in [0.1, 0.15) is 438 Å². The van der Waals surface area contributed by atoms with Gasteiger partial charge in [-0.1, -0.05) is 347 Å². The number of hydrogen-bond acceptors (Lipinski definition) is 14. The molecule has 7 heterocycles. The van der Waals surface area contributed by atoms with Crippen molar-refractivity contribution in [2.24, 2.45) is 82.9 Å². The Kier molecular flexibility index (Phi) is 67.3. The molecule has 0 saturated heterocycles. The number of hydrogen-bond donors (Lipinski definition) is 1. The molecule has 7 aromatic rings. The Bertz CT molecular complexity index is 3210. The van der Waals surface area contributed by atoms with E-state index in [1.807, 2.05) is 32.6 Å². The van der Waals surface area contributed by atoms with Gasteiger partial charge >= 0.3 is 0 Å². The normalized spacial score (nSPS) is 11.7. The molecule has 0 aliphatic carbocycles. The summed E-state index contributed by atoms with van der Waals surface area (Å²) < 4.78 is 12.2. The largest absolute Gasteiger partial charge is 0.252 e. The van der Waals surface area contributed by atoms with Crippen LogP contribution in [0.3, 0.4) is 0 Å². The van der Waals surface area contributed by atoms with E-state index in [0.717, 1.165) is 179 Å². The van der Waals surface area contributed by atoms with Gasteiger partial charge < -0.3 is 0 Å². The van der Waals surface area contributed by atoms with Gasteiger partial charge in [0, 0.05) is 57.9 Å². The number of aryl methyl sites for hydroxylation is 12. The Balaban J connectivity index is 0.000000712. The van der Waals surface area contributed by atoms with Gasteiger partial charge in [0.05, 0.1) is 64.1 Å². The third-order valence-corrected chi connectivity index (χ3v) is 21.8. The Morgan fingerprint density at radius 2 is 0.500 bits per heavy atom. The molecule has 0 fully saturated rings. The number of aromatic nitrogens is 21. The van der Waals surface area contributed by atoms with Gasteiger partial charge in [-0.25, -0.2) is 14.0 Å². The fourth-order valence-corrected chi connectivity index (χ4v) is 14.0. The quantitative estimate of drug-likeness (QED) is 0.0350. The minimum absolute atomic E-state index is 0.635. The van der Waals surface area contributed by atoms with Crippen molar-refractivity contribution < 1.29 is 0 Å². The molecule has 1 N–H and O–H groups in total. The summed E-state index contributed by atoms with van der Waals surface area (Å²) in [4.78, 5) is 0. The minimum Gasteiger partial charge on any atom is -0.252 e. The van der Waals surface area contributed by atoms with Crippen molar-refractivity contribution >= 4 is 0 Å². The Morgan fingerprint density at radius 3 is 0.877 bits per heavy atom.